The maximum absolute atomic E-state index is 11.7. The maximum Gasteiger partial charge on any atom is 0.253 e. The number of nitrogens with zero attached hydrogens (tertiary/aromatic N) is 2. The van der Waals surface area contributed by atoms with Crippen LogP contribution in [0.2, 0.25) is 0 Å². The Balaban J connectivity index is 2.45. The molecule has 0 spiro atoms. The highest BCUT2D eigenvalue weighted by molar-refractivity contribution is 5.01. The molecule has 0 saturated heterocycles. The third-order valence-electron chi connectivity index (χ3n) is 2.62. The average Bonchev–Trinajstić information content (AvgIpc) is 2.20. The molecule has 0 aliphatic heterocycles. The van der Waals surface area contributed by atoms with Crippen LogP contribution in [-0.2, 0) is 6.54 Å². The van der Waals surface area contributed by atoms with Gasteiger partial charge in [-0.25, -0.2) is 4.98 Å². The Bertz CT molecular complexity index is 410. The molecule has 1 N–H and O–H groups in total. The van der Waals surface area contributed by atoms with Crippen LogP contribution in [0.1, 0.15) is 31.8 Å². The number of nitrogens with one attached hydrogen (secondary N) is 1. The Hall–Kier alpha value is -1.16. The van der Waals surface area contributed by atoms with E-state index in [0.29, 0.717) is 5.92 Å². The van der Waals surface area contributed by atoms with Crippen LogP contribution in [0.4, 0.5) is 0 Å². The van der Waals surface area contributed by atoms with Gasteiger partial charge in [0.2, 0.25) is 0 Å². The lowest BCUT2D eigenvalue weighted by molar-refractivity contribution is 0.511. The predicted molar refractivity (Wildman–Crippen MR) is 70.3 cm³/mol. The Morgan fingerprint density at radius 1 is 1.41 bits per heavy atom. The molecule has 1 heterocycles. The van der Waals surface area contributed by atoms with Crippen LogP contribution in [0.5, 0.6) is 0 Å². The van der Waals surface area contributed by atoms with E-state index in [9.17, 15) is 4.79 Å². The van der Waals surface area contributed by atoms with Crippen molar-refractivity contribution in [2.75, 3.05) is 13.1 Å². The molecule has 96 valence electrons. The molecule has 4 nitrogen and oxygen atoms in total. The van der Waals surface area contributed by atoms with Crippen LogP contribution in [0, 0.1) is 19.8 Å². The summed E-state index contributed by atoms with van der Waals surface area (Å²) < 4.78 is 1.74. The van der Waals surface area contributed by atoms with E-state index in [2.05, 4.69) is 24.1 Å². The molecule has 1 aromatic rings. The van der Waals surface area contributed by atoms with Crippen molar-refractivity contribution in [1.82, 2.24) is 14.9 Å². The monoisotopic (exact) mass is 237 g/mol. The number of aryl methyl sites for hydroxylation is 2. The molecule has 0 aliphatic rings. The first-order chi connectivity index (χ1) is 8.00. The van der Waals surface area contributed by atoms with Gasteiger partial charge in [0.05, 0.1) is 0 Å². The molecular weight excluding hydrogens is 214 g/mol. The zero-order chi connectivity index (χ0) is 12.8. The molecule has 0 radical (unpaired) electrons. The van der Waals surface area contributed by atoms with Gasteiger partial charge in [-0.1, -0.05) is 13.8 Å². The van der Waals surface area contributed by atoms with Crippen LogP contribution in [0.15, 0.2) is 10.9 Å². The Labute approximate surface area is 103 Å². The van der Waals surface area contributed by atoms with Crippen molar-refractivity contribution in [2.24, 2.45) is 5.92 Å². The van der Waals surface area contributed by atoms with Crippen molar-refractivity contribution in [2.45, 2.75) is 40.7 Å². The average molecular weight is 237 g/mol. The van der Waals surface area contributed by atoms with Crippen LogP contribution in [0.3, 0.4) is 0 Å². The molecule has 0 atom stereocenters. The minimum absolute atomic E-state index is 0.0545. The zero-order valence-corrected chi connectivity index (χ0v) is 11.3. The van der Waals surface area contributed by atoms with Gasteiger partial charge < -0.3 is 5.32 Å². The molecule has 1 rings (SSSR count). The molecule has 17 heavy (non-hydrogen) atoms. The smallest absolute Gasteiger partial charge is 0.253 e. The minimum atomic E-state index is 0.0545. The minimum Gasteiger partial charge on any atom is -0.316 e. The van der Waals surface area contributed by atoms with Gasteiger partial charge in [-0.05, 0) is 39.3 Å². The summed E-state index contributed by atoms with van der Waals surface area (Å²) in [5.41, 5.74) is 0.848. The van der Waals surface area contributed by atoms with E-state index in [0.717, 1.165) is 37.6 Å². The van der Waals surface area contributed by atoms with Crippen molar-refractivity contribution in [3.8, 4) is 0 Å². The van der Waals surface area contributed by atoms with E-state index in [1.807, 2.05) is 13.8 Å². The molecule has 0 saturated carbocycles. The summed E-state index contributed by atoms with van der Waals surface area (Å²) in [6.07, 6.45) is 0.957. The van der Waals surface area contributed by atoms with Gasteiger partial charge in [-0.15, -0.1) is 0 Å². The van der Waals surface area contributed by atoms with Crippen molar-refractivity contribution in [3.63, 3.8) is 0 Å². The molecule has 1 aromatic heterocycles. The second kappa shape index (κ2) is 6.55. The fourth-order valence-corrected chi connectivity index (χ4v) is 1.79. The second-order valence-electron chi connectivity index (χ2n) is 4.89. The summed E-state index contributed by atoms with van der Waals surface area (Å²) in [4.78, 5) is 16.0. The largest absolute Gasteiger partial charge is 0.316 e. The highest BCUT2D eigenvalue weighted by Crippen LogP contribution is 1.95. The van der Waals surface area contributed by atoms with E-state index < -0.39 is 0 Å². The summed E-state index contributed by atoms with van der Waals surface area (Å²) in [5.74, 6) is 1.47. The first kappa shape index (κ1) is 13.9. The van der Waals surface area contributed by atoms with Crippen molar-refractivity contribution in [3.05, 3.63) is 27.9 Å². The highest BCUT2D eigenvalue weighted by Gasteiger charge is 2.02. The SMILES string of the molecule is Cc1cc(=O)n(CCCNCC(C)C)c(C)n1. The lowest BCUT2D eigenvalue weighted by Crippen LogP contribution is -2.27. The molecule has 0 unspecified atom stereocenters. The van der Waals surface area contributed by atoms with Crippen molar-refractivity contribution in [1.29, 1.82) is 0 Å². The normalized spacial score (nSPS) is 11.1. The summed E-state index contributed by atoms with van der Waals surface area (Å²) in [5, 5.41) is 3.37. The maximum atomic E-state index is 11.7. The third-order valence-corrected chi connectivity index (χ3v) is 2.62. The first-order valence-corrected chi connectivity index (χ1v) is 6.26. The molecule has 0 aliphatic carbocycles. The fraction of sp³-hybridized carbons (Fsp3) is 0.692. The zero-order valence-electron chi connectivity index (χ0n) is 11.3. The van der Waals surface area contributed by atoms with E-state index >= 15 is 0 Å². The van der Waals surface area contributed by atoms with Crippen LogP contribution >= 0.6 is 0 Å². The van der Waals surface area contributed by atoms with Crippen molar-refractivity contribution >= 4 is 0 Å². The lowest BCUT2D eigenvalue weighted by atomic mass is 10.2. The van der Waals surface area contributed by atoms with Crippen LogP contribution in [-0.4, -0.2) is 22.6 Å². The second-order valence-corrected chi connectivity index (χ2v) is 4.89. The van der Waals surface area contributed by atoms with E-state index in [1.165, 1.54) is 0 Å². The molecular formula is C13H23N3O. The Morgan fingerprint density at radius 2 is 2.12 bits per heavy atom. The summed E-state index contributed by atoms with van der Waals surface area (Å²) in [6.45, 7) is 10.8. The van der Waals surface area contributed by atoms with Gasteiger partial charge in [-0.2, -0.15) is 0 Å². The number of hydrogen-bond acceptors (Lipinski definition) is 3. The van der Waals surface area contributed by atoms with Gasteiger partial charge in [0.15, 0.2) is 0 Å². The molecule has 4 heteroatoms. The quantitative estimate of drug-likeness (QED) is 0.763. The summed E-state index contributed by atoms with van der Waals surface area (Å²) in [7, 11) is 0. The van der Waals surface area contributed by atoms with E-state index in [-0.39, 0.29) is 5.56 Å². The Kier molecular flexibility index (Phi) is 5.35. The number of hydrogen-bond donors (Lipinski definition) is 1. The fourth-order valence-electron chi connectivity index (χ4n) is 1.79. The highest BCUT2D eigenvalue weighted by atomic mass is 16.1. The van der Waals surface area contributed by atoms with E-state index in [4.69, 9.17) is 0 Å². The van der Waals surface area contributed by atoms with Gasteiger partial charge in [0, 0.05) is 18.3 Å². The lowest BCUT2D eigenvalue weighted by Gasteiger charge is -2.10. The van der Waals surface area contributed by atoms with Gasteiger partial charge in [-0.3, -0.25) is 9.36 Å². The first-order valence-electron chi connectivity index (χ1n) is 6.26. The number of rotatable bonds is 6. The molecule has 0 bridgehead atoms. The van der Waals surface area contributed by atoms with Crippen LogP contribution < -0.4 is 10.9 Å². The number of aromatic nitrogens is 2. The molecule has 0 aromatic carbocycles. The Morgan fingerprint density at radius 3 is 2.71 bits per heavy atom. The van der Waals surface area contributed by atoms with Gasteiger partial charge in [0.1, 0.15) is 5.82 Å². The summed E-state index contributed by atoms with van der Waals surface area (Å²) in [6, 6.07) is 1.59. The predicted octanol–water partition coefficient (Wildman–Crippen LogP) is 1.50. The molecule has 0 fully saturated rings. The topological polar surface area (TPSA) is 46.9 Å². The van der Waals surface area contributed by atoms with Gasteiger partial charge in [0.25, 0.3) is 5.56 Å². The summed E-state index contributed by atoms with van der Waals surface area (Å²) >= 11 is 0. The van der Waals surface area contributed by atoms with E-state index in [1.54, 1.807) is 10.6 Å². The third kappa shape index (κ3) is 4.69. The molecule has 0 amide bonds. The van der Waals surface area contributed by atoms with Crippen molar-refractivity contribution < 1.29 is 0 Å². The standard InChI is InChI=1S/C13H23N3O/c1-10(2)9-14-6-5-7-16-12(4)15-11(3)8-13(16)17/h8,10,14H,5-7,9H2,1-4H3. The van der Waals surface area contributed by atoms with Gasteiger partial charge >= 0.3 is 0 Å². The van der Waals surface area contributed by atoms with Crippen LogP contribution in [0.25, 0.3) is 0 Å².